The minimum absolute atomic E-state index is 0.464. The molecule has 0 aliphatic carbocycles. The largest absolute Gasteiger partial charge is 0.489 e. The van der Waals surface area contributed by atoms with E-state index in [0.29, 0.717) is 35.6 Å². The summed E-state index contributed by atoms with van der Waals surface area (Å²) in [5.74, 6) is -2.98. The monoisotopic (exact) mass is 425 g/mol. The number of hydrogen-bond acceptors (Lipinski definition) is 6. The van der Waals surface area contributed by atoms with E-state index >= 15 is 0 Å². The van der Waals surface area contributed by atoms with Crippen LogP contribution < -0.4 is 10.1 Å². The Kier molecular flexibility index (Phi) is 14.6. The van der Waals surface area contributed by atoms with Gasteiger partial charge in [0.2, 0.25) is 0 Å². The summed E-state index contributed by atoms with van der Waals surface area (Å²) in [6, 6.07) is 3.50. The number of rotatable bonds is 11. The number of carboxylic acid groups (broad SMARTS) is 2. The summed E-state index contributed by atoms with van der Waals surface area (Å²) >= 11 is 12.0. The van der Waals surface area contributed by atoms with Crippen molar-refractivity contribution in [2.24, 2.45) is 0 Å². The van der Waals surface area contributed by atoms with Gasteiger partial charge in [-0.25, -0.2) is 9.59 Å². The average Bonchev–Trinajstić information content (AvgIpc) is 2.58. The third kappa shape index (κ3) is 13.3. The van der Waals surface area contributed by atoms with Gasteiger partial charge in [-0.15, -0.1) is 0 Å². The first kappa shape index (κ1) is 25.4. The number of carboxylic acids is 2. The van der Waals surface area contributed by atoms with Crippen LogP contribution in [-0.4, -0.2) is 68.8 Å². The Morgan fingerprint density at radius 1 is 1.04 bits per heavy atom. The lowest BCUT2D eigenvalue weighted by Gasteiger charge is -2.12. The molecule has 0 radical (unpaired) electrons. The van der Waals surface area contributed by atoms with E-state index in [1.807, 2.05) is 13.0 Å². The number of hydrogen-bond donors (Lipinski definition) is 3. The van der Waals surface area contributed by atoms with E-state index in [0.717, 1.165) is 31.7 Å². The van der Waals surface area contributed by atoms with Crippen molar-refractivity contribution in [1.29, 1.82) is 0 Å². The van der Waals surface area contributed by atoms with Crippen LogP contribution in [0, 0.1) is 6.92 Å². The summed E-state index contributed by atoms with van der Waals surface area (Å²) in [6.07, 6.45) is 1.01. The van der Waals surface area contributed by atoms with Crippen LogP contribution in [0.1, 0.15) is 12.0 Å². The third-order valence-electron chi connectivity index (χ3n) is 2.98. The molecule has 0 aliphatic rings. The van der Waals surface area contributed by atoms with Crippen LogP contribution in [0.15, 0.2) is 12.1 Å². The first-order chi connectivity index (χ1) is 12.8. The van der Waals surface area contributed by atoms with Crippen LogP contribution >= 0.6 is 23.2 Å². The Labute approximate surface area is 168 Å². The molecular formula is C17H25Cl2NO7. The predicted octanol–water partition coefficient (Wildman–Crippen LogP) is 2.48. The predicted molar refractivity (Wildman–Crippen MR) is 102 cm³/mol. The summed E-state index contributed by atoms with van der Waals surface area (Å²) in [4.78, 5) is 18.2. The third-order valence-corrected chi connectivity index (χ3v) is 3.48. The molecule has 0 saturated carbocycles. The van der Waals surface area contributed by atoms with Crippen molar-refractivity contribution in [2.45, 2.75) is 13.3 Å². The first-order valence-electron chi connectivity index (χ1n) is 8.11. The van der Waals surface area contributed by atoms with E-state index in [-0.39, 0.29) is 0 Å². The van der Waals surface area contributed by atoms with Gasteiger partial charge in [0.05, 0.1) is 18.2 Å². The lowest BCUT2D eigenvalue weighted by Crippen LogP contribution is -2.22. The Morgan fingerprint density at radius 2 is 1.70 bits per heavy atom. The average molecular weight is 426 g/mol. The van der Waals surface area contributed by atoms with Gasteiger partial charge in [-0.1, -0.05) is 23.2 Å². The fourth-order valence-corrected chi connectivity index (χ4v) is 2.44. The summed E-state index contributed by atoms with van der Waals surface area (Å²) in [5, 5.41) is 19.2. The molecule has 0 saturated heterocycles. The second kappa shape index (κ2) is 15.5. The lowest BCUT2D eigenvalue weighted by atomic mass is 10.2. The fraction of sp³-hybridized carbons (Fsp3) is 0.529. The van der Waals surface area contributed by atoms with E-state index in [1.54, 1.807) is 13.2 Å². The van der Waals surface area contributed by atoms with Crippen molar-refractivity contribution < 1.29 is 34.0 Å². The lowest BCUT2D eigenvalue weighted by molar-refractivity contribution is -0.159. The van der Waals surface area contributed by atoms with Gasteiger partial charge in [-0.3, -0.25) is 0 Å². The minimum atomic E-state index is -1.82. The van der Waals surface area contributed by atoms with Crippen molar-refractivity contribution in [1.82, 2.24) is 5.32 Å². The molecule has 1 aromatic rings. The van der Waals surface area contributed by atoms with E-state index in [9.17, 15) is 0 Å². The van der Waals surface area contributed by atoms with Gasteiger partial charge >= 0.3 is 11.9 Å². The molecule has 0 unspecified atom stereocenters. The molecular weight excluding hydrogens is 401 g/mol. The second-order valence-corrected chi connectivity index (χ2v) is 6.04. The molecule has 10 heteroatoms. The highest BCUT2D eigenvalue weighted by molar-refractivity contribution is 6.35. The number of halogens is 2. The maximum absolute atomic E-state index is 9.10. The first-order valence-corrected chi connectivity index (χ1v) is 8.87. The number of methoxy groups -OCH3 is 1. The quantitative estimate of drug-likeness (QED) is 0.365. The van der Waals surface area contributed by atoms with E-state index < -0.39 is 11.9 Å². The smallest absolute Gasteiger partial charge is 0.414 e. The Balaban J connectivity index is 0.000000972. The van der Waals surface area contributed by atoms with Crippen LogP contribution in [0.25, 0.3) is 0 Å². The fourth-order valence-electron chi connectivity index (χ4n) is 1.79. The highest BCUT2D eigenvalue weighted by Gasteiger charge is 2.07. The van der Waals surface area contributed by atoms with E-state index in [2.05, 4.69) is 5.32 Å². The van der Waals surface area contributed by atoms with Crippen LogP contribution in [0.4, 0.5) is 0 Å². The van der Waals surface area contributed by atoms with Crippen molar-refractivity contribution in [3.05, 3.63) is 27.7 Å². The highest BCUT2D eigenvalue weighted by Crippen LogP contribution is 2.31. The molecule has 0 atom stereocenters. The van der Waals surface area contributed by atoms with Crippen molar-refractivity contribution in [2.75, 3.05) is 46.6 Å². The molecule has 0 spiro atoms. The second-order valence-electron chi connectivity index (χ2n) is 5.20. The maximum Gasteiger partial charge on any atom is 0.414 e. The SMILES string of the molecule is COCCCNCCOCCOc1c(C)cc(Cl)cc1Cl.O=C(O)C(=O)O. The van der Waals surface area contributed by atoms with E-state index in [4.69, 9.17) is 57.2 Å². The standard InChI is InChI=1S/C15H23Cl2NO3.C2H2O4/c1-12-10-13(16)11-14(17)15(12)21-9-8-20-7-5-18-4-3-6-19-2;3-1(4)2(5)6/h10-11,18H,3-9H2,1-2H3;(H,3,4)(H,5,6). The summed E-state index contributed by atoms with van der Waals surface area (Å²) < 4.78 is 16.1. The number of benzene rings is 1. The van der Waals surface area contributed by atoms with Crippen molar-refractivity contribution in [3.63, 3.8) is 0 Å². The summed E-state index contributed by atoms with van der Waals surface area (Å²) in [7, 11) is 1.71. The van der Waals surface area contributed by atoms with Gasteiger partial charge in [0.1, 0.15) is 12.4 Å². The van der Waals surface area contributed by atoms with Crippen molar-refractivity contribution >= 4 is 35.1 Å². The molecule has 0 aromatic heterocycles. The zero-order valence-corrected chi connectivity index (χ0v) is 16.8. The zero-order valence-electron chi connectivity index (χ0n) is 15.3. The van der Waals surface area contributed by atoms with Crippen LogP contribution in [0.5, 0.6) is 5.75 Å². The number of aryl methyl sites for hydroxylation is 1. The van der Waals surface area contributed by atoms with Gasteiger partial charge < -0.3 is 29.7 Å². The Bertz CT molecular complexity index is 549. The number of ether oxygens (including phenoxy) is 3. The molecule has 0 amide bonds. The molecule has 0 heterocycles. The van der Waals surface area contributed by atoms with Crippen LogP contribution in [0.3, 0.4) is 0 Å². The molecule has 0 aliphatic heterocycles. The number of aliphatic carboxylic acids is 2. The number of nitrogens with one attached hydrogen (secondary N) is 1. The molecule has 0 fully saturated rings. The Morgan fingerprint density at radius 3 is 2.26 bits per heavy atom. The molecule has 1 rings (SSSR count). The van der Waals surface area contributed by atoms with E-state index in [1.165, 1.54) is 0 Å². The van der Waals surface area contributed by atoms with Gasteiger partial charge in [0, 0.05) is 25.3 Å². The van der Waals surface area contributed by atoms with Crippen LogP contribution in [0.2, 0.25) is 10.0 Å². The van der Waals surface area contributed by atoms with Crippen LogP contribution in [-0.2, 0) is 19.1 Å². The topological polar surface area (TPSA) is 114 Å². The van der Waals surface area contributed by atoms with Gasteiger partial charge in [0.15, 0.2) is 0 Å². The number of carbonyl (C=O) groups is 2. The zero-order chi connectivity index (χ0) is 20.7. The summed E-state index contributed by atoms with van der Waals surface area (Å²) in [6.45, 7) is 6.10. The highest BCUT2D eigenvalue weighted by atomic mass is 35.5. The van der Waals surface area contributed by atoms with Gasteiger partial charge in [-0.2, -0.15) is 0 Å². The molecule has 1 aromatic carbocycles. The maximum atomic E-state index is 9.10. The minimum Gasteiger partial charge on any atom is -0.489 e. The molecule has 8 nitrogen and oxygen atoms in total. The summed E-state index contributed by atoms with van der Waals surface area (Å²) in [5.41, 5.74) is 0.923. The normalized spacial score (nSPS) is 10.1. The Hall–Kier alpha value is -1.58. The van der Waals surface area contributed by atoms with Gasteiger partial charge in [0.25, 0.3) is 0 Å². The molecule has 3 N–H and O–H groups in total. The van der Waals surface area contributed by atoms with Gasteiger partial charge in [-0.05, 0) is 37.6 Å². The molecule has 0 bridgehead atoms. The van der Waals surface area contributed by atoms with Crippen molar-refractivity contribution in [3.8, 4) is 5.75 Å². The molecule has 27 heavy (non-hydrogen) atoms. The molecule has 154 valence electrons.